The van der Waals surface area contributed by atoms with E-state index in [2.05, 4.69) is 20.5 Å². The number of fused-ring (bicyclic) bond motifs is 1. The molecule has 9 nitrogen and oxygen atoms in total. The van der Waals surface area contributed by atoms with Crippen molar-refractivity contribution in [2.75, 3.05) is 5.32 Å². The number of para-hydroxylation sites is 1. The Balaban J connectivity index is 1.64. The highest BCUT2D eigenvalue weighted by Crippen LogP contribution is 2.16. The SMILES string of the molecule is Cc1nc2cc(=O)[nH]n2c(C)c1CC(=O)Nc1cc(=O)[nH]n1-c1ccccc1. The fourth-order valence-electron chi connectivity index (χ4n) is 3.22. The number of carbonyl (C=O) groups is 1. The normalized spacial score (nSPS) is 11.1. The van der Waals surface area contributed by atoms with E-state index in [0.717, 1.165) is 11.4 Å². The Kier molecular flexibility index (Phi) is 4.19. The average Bonchev–Trinajstić information content (AvgIpc) is 3.21. The number of nitrogens with zero attached hydrogens (tertiary/aromatic N) is 3. The first-order valence-electron chi connectivity index (χ1n) is 8.67. The molecule has 4 rings (SSSR count). The van der Waals surface area contributed by atoms with Crippen LogP contribution in [0.2, 0.25) is 0 Å². The molecule has 0 aliphatic rings. The van der Waals surface area contributed by atoms with Crippen molar-refractivity contribution in [3.05, 3.63) is 80.1 Å². The predicted molar refractivity (Wildman–Crippen MR) is 104 cm³/mol. The summed E-state index contributed by atoms with van der Waals surface area (Å²) in [6.07, 6.45) is 0.0506. The smallest absolute Gasteiger partial charge is 0.266 e. The van der Waals surface area contributed by atoms with Gasteiger partial charge in [0.15, 0.2) is 5.65 Å². The van der Waals surface area contributed by atoms with E-state index in [1.54, 1.807) is 11.4 Å². The second-order valence-corrected chi connectivity index (χ2v) is 6.48. The standard InChI is InChI=1S/C19H18N6O3/c1-11-14(12(2)24-15(20-11)9-18(27)22-24)8-17(26)21-16-10-19(28)23-25(16)13-6-4-3-5-7-13/h3-7,9-10H,8H2,1-2H3,(H,21,26)(H,22,27)(H,23,28). The second-order valence-electron chi connectivity index (χ2n) is 6.48. The van der Waals surface area contributed by atoms with Crippen molar-refractivity contribution < 1.29 is 4.79 Å². The van der Waals surface area contributed by atoms with Crippen LogP contribution in [0.5, 0.6) is 0 Å². The second kappa shape index (κ2) is 6.69. The number of aromatic nitrogens is 5. The maximum absolute atomic E-state index is 12.7. The first-order valence-corrected chi connectivity index (χ1v) is 8.67. The van der Waals surface area contributed by atoms with Crippen LogP contribution in [0.25, 0.3) is 11.3 Å². The highest BCUT2D eigenvalue weighted by molar-refractivity contribution is 5.92. The average molecular weight is 378 g/mol. The molecule has 1 amide bonds. The Labute approximate surface area is 158 Å². The van der Waals surface area contributed by atoms with Gasteiger partial charge in [-0.3, -0.25) is 24.6 Å². The third kappa shape index (κ3) is 3.13. The number of aromatic amines is 2. The van der Waals surface area contributed by atoms with Gasteiger partial charge < -0.3 is 5.32 Å². The quantitative estimate of drug-likeness (QED) is 0.496. The molecule has 142 valence electrons. The Hall–Kier alpha value is -3.88. The number of benzene rings is 1. The van der Waals surface area contributed by atoms with Crippen LogP contribution in [-0.4, -0.2) is 30.3 Å². The summed E-state index contributed by atoms with van der Waals surface area (Å²) in [6, 6.07) is 11.9. The van der Waals surface area contributed by atoms with Gasteiger partial charge in [-0.05, 0) is 26.0 Å². The van der Waals surface area contributed by atoms with Gasteiger partial charge in [0.25, 0.3) is 11.1 Å². The summed E-state index contributed by atoms with van der Waals surface area (Å²) in [5.41, 5.74) is 2.76. The third-order valence-corrected chi connectivity index (χ3v) is 4.55. The highest BCUT2D eigenvalue weighted by atomic mass is 16.2. The van der Waals surface area contributed by atoms with Crippen LogP contribution in [0.15, 0.2) is 52.1 Å². The van der Waals surface area contributed by atoms with E-state index in [0.29, 0.717) is 22.7 Å². The molecule has 0 atom stereocenters. The molecule has 3 heterocycles. The van der Waals surface area contributed by atoms with Crippen molar-refractivity contribution in [3.8, 4) is 5.69 Å². The van der Waals surface area contributed by atoms with E-state index >= 15 is 0 Å². The zero-order chi connectivity index (χ0) is 19.8. The number of hydrogen-bond donors (Lipinski definition) is 3. The van der Waals surface area contributed by atoms with Crippen LogP contribution in [0, 0.1) is 13.8 Å². The monoisotopic (exact) mass is 378 g/mol. The van der Waals surface area contributed by atoms with Gasteiger partial charge in [-0.1, -0.05) is 18.2 Å². The highest BCUT2D eigenvalue weighted by Gasteiger charge is 2.16. The summed E-state index contributed by atoms with van der Waals surface area (Å²) in [5.74, 6) is 0.0467. The molecule has 0 fully saturated rings. The lowest BCUT2D eigenvalue weighted by molar-refractivity contribution is -0.115. The van der Waals surface area contributed by atoms with Gasteiger partial charge >= 0.3 is 0 Å². The molecule has 0 spiro atoms. The number of H-pyrrole nitrogens is 2. The van der Waals surface area contributed by atoms with Gasteiger partial charge in [0.1, 0.15) is 5.82 Å². The molecule has 3 N–H and O–H groups in total. The van der Waals surface area contributed by atoms with E-state index in [-0.39, 0.29) is 23.4 Å². The zero-order valence-electron chi connectivity index (χ0n) is 15.3. The summed E-state index contributed by atoms with van der Waals surface area (Å²) in [4.78, 5) is 40.4. The summed E-state index contributed by atoms with van der Waals surface area (Å²) in [6.45, 7) is 3.61. The van der Waals surface area contributed by atoms with Gasteiger partial charge in [-0.25, -0.2) is 14.2 Å². The van der Waals surface area contributed by atoms with E-state index in [9.17, 15) is 14.4 Å². The molecule has 0 saturated carbocycles. The van der Waals surface area contributed by atoms with Crippen LogP contribution < -0.4 is 16.4 Å². The number of carbonyl (C=O) groups excluding carboxylic acids is 1. The fraction of sp³-hybridized carbons (Fsp3) is 0.158. The fourth-order valence-corrected chi connectivity index (χ4v) is 3.22. The van der Waals surface area contributed by atoms with Crippen molar-refractivity contribution >= 4 is 17.4 Å². The molecular formula is C19H18N6O3. The van der Waals surface area contributed by atoms with Crippen LogP contribution in [0.1, 0.15) is 17.0 Å². The Morgan fingerprint density at radius 3 is 2.54 bits per heavy atom. The minimum atomic E-state index is -0.320. The van der Waals surface area contributed by atoms with Crippen LogP contribution in [0.3, 0.4) is 0 Å². The lowest BCUT2D eigenvalue weighted by Gasteiger charge is -2.13. The van der Waals surface area contributed by atoms with Gasteiger partial charge in [-0.15, -0.1) is 0 Å². The molecule has 0 saturated heterocycles. The van der Waals surface area contributed by atoms with Gasteiger partial charge in [-0.2, -0.15) is 0 Å². The molecule has 0 bridgehead atoms. The summed E-state index contributed by atoms with van der Waals surface area (Å²) in [7, 11) is 0. The minimum absolute atomic E-state index is 0.0506. The molecule has 9 heteroatoms. The van der Waals surface area contributed by atoms with Gasteiger partial charge in [0, 0.05) is 29.1 Å². The summed E-state index contributed by atoms with van der Waals surface area (Å²) in [5, 5.41) is 8.11. The topological polar surface area (TPSA) is 117 Å². The van der Waals surface area contributed by atoms with Crippen molar-refractivity contribution in [2.24, 2.45) is 0 Å². The predicted octanol–water partition coefficient (Wildman–Crippen LogP) is 1.30. The number of anilines is 1. The molecule has 0 aliphatic carbocycles. The Morgan fingerprint density at radius 2 is 1.79 bits per heavy atom. The zero-order valence-corrected chi connectivity index (χ0v) is 15.3. The largest absolute Gasteiger partial charge is 0.310 e. The van der Waals surface area contributed by atoms with Crippen molar-refractivity contribution in [1.29, 1.82) is 0 Å². The van der Waals surface area contributed by atoms with Crippen LogP contribution >= 0.6 is 0 Å². The van der Waals surface area contributed by atoms with Gasteiger partial charge in [0.2, 0.25) is 5.91 Å². The van der Waals surface area contributed by atoms with E-state index in [4.69, 9.17) is 0 Å². The number of aryl methyl sites for hydroxylation is 2. The number of rotatable bonds is 4. The van der Waals surface area contributed by atoms with Crippen molar-refractivity contribution in [2.45, 2.75) is 20.3 Å². The summed E-state index contributed by atoms with van der Waals surface area (Å²) >= 11 is 0. The first kappa shape index (κ1) is 17.5. The molecule has 4 aromatic rings. The Bertz CT molecular complexity index is 1290. The molecule has 28 heavy (non-hydrogen) atoms. The molecule has 0 unspecified atom stereocenters. The molecule has 1 aromatic carbocycles. The number of hydrogen-bond acceptors (Lipinski definition) is 4. The molecule has 3 aromatic heterocycles. The number of nitrogens with one attached hydrogen (secondary N) is 3. The number of amides is 1. The minimum Gasteiger partial charge on any atom is -0.310 e. The van der Waals surface area contributed by atoms with E-state index < -0.39 is 0 Å². The van der Waals surface area contributed by atoms with Crippen molar-refractivity contribution in [3.63, 3.8) is 0 Å². The maximum atomic E-state index is 12.7. The van der Waals surface area contributed by atoms with E-state index in [1.807, 2.05) is 37.3 Å². The summed E-state index contributed by atoms with van der Waals surface area (Å²) < 4.78 is 3.08. The lowest BCUT2D eigenvalue weighted by atomic mass is 10.1. The van der Waals surface area contributed by atoms with E-state index in [1.165, 1.54) is 16.8 Å². The lowest BCUT2D eigenvalue weighted by Crippen LogP contribution is -2.19. The van der Waals surface area contributed by atoms with Crippen LogP contribution in [-0.2, 0) is 11.2 Å². The molecule has 0 aliphatic heterocycles. The maximum Gasteiger partial charge on any atom is 0.266 e. The van der Waals surface area contributed by atoms with Gasteiger partial charge in [0.05, 0.1) is 12.1 Å². The molecule has 0 radical (unpaired) electrons. The van der Waals surface area contributed by atoms with Crippen molar-refractivity contribution in [1.82, 2.24) is 24.4 Å². The third-order valence-electron chi connectivity index (χ3n) is 4.55. The Morgan fingerprint density at radius 1 is 1.07 bits per heavy atom. The van der Waals surface area contributed by atoms with Crippen LogP contribution in [0.4, 0.5) is 5.82 Å². The first-order chi connectivity index (χ1) is 13.4. The molecular weight excluding hydrogens is 360 g/mol.